The highest BCUT2D eigenvalue weighted by atomic mass is 15.1. The number of fused-ring (bicyclic) bond motifs is 1. The number of aryl methyl sites for hydroxylation is 1. The molecule has 1 atom stereocenters. The van der Waals surface area contributed by atoms with Crippen molar-refractivity contribution in [3.63, 3.8) is 0 Å². The number of imidazole rings is 1. The average molecular weight is 213 g/mol. The Morgan fingerprint density at radius 2 is 2.38 bits per heavy atom. The van der Waals surface area contributed by atoms with Gasteiger partial charge in [0.25, 0.3) is 0 Å². The number of hydrogen-bond donors (Lipinski definition) is 1. The molecule has 16 heavy (non-hydrogen) atoms. The zero-order valence-corrected chi connectivity index (χ0v) is 9.83. The van der Waals surface area contributed by atoms with Crippen molar-refractivity contribution in [2.45, 2.75) is 25.8 Å². The number of hydrogen-bond acceptors (Lipinski definition) is 2. The van der Waals surface area contributed by atoms with Crippen LogP contribution in [-0.2, 0) is 0 Å². The SMILES string of the molecule is BN1CCC[C@H]1c1nc2cccc(C)c2[nH]1. The van der Waals surface area contributed by atoms with Gasteiger partial charge in [-0.05, 0) is 37.9 Å². The van der Waals surface area contributed by atoms with E-state index in [4.69, 9.17) is 4.98 Å². The van der Waals surface area contributed by atoms with Crippen LogP contribution in [-0.4, -0.2) is 29.3 Å². The molecule has 1 fully saturated rings. The number of aromatic nitrogens is 2. The Kier molecular flexibility index (Phi) is 2.25. The topological polar surface area (TPSA) is 31.9 Å². The molecular formula is C12H16BN3. The van der Waals surface area contributed by atoms with E-state index in [9.17, 15) is 0 Å². The molecule has 2 heterocycles. The number of para-hydroxylation sites is 1. The lowest BCUT2D eigenvalue weighted by Gasteiger charge is -2.16. The second-order valence-corrected chi connectivity index (χ2v) is 4.73. The van der Waals surface area contributed by atoms with Crippen LogP contribution in [0.3, 0.4) is 0 Å². The lowest BCUT2D eigenvalue weighted by Crippen LogP contribution is -2.20. The van der Waals surface area contributed by atoms with Crippen LogP contribution in [0.2, 0.25) is 0 Å². The summed E-state index contributed by atoms with van der Waals surface area (Å²) in [5, 5.41) is 0. The van der Waals surface area contributed by atoms with Gasteiger partial charge >= 0.3 is 0 Å². The minimum Gasteiger partial charge on any atom is -0.340 e. The predicted molar refractivity (Wildman–Crippen MR) is 68.1 cm³/mol. The molecule has 82 valence electrons. The maximum atomic E-state index is 4.71. The fourth-order valence-corrected chi connectivity index (χ4v) is 2.61. The molecule has 1 aliphatic rings. The molecule has 4 heteroatoms. The Bertz CT molecular complexity index is 520. The van der Waals surface area contributed by atoms with Crippen LogP contribution in [0, 0.1) is 6.92 Å². The standard InChI is InChI=1S/C12H16BN3/c1-8-4-2-5-9-11(8)15-12(14-9)10-6-3-7-16(10)13/h2,4-5,10H,3,6-7,13H2,1H3,(H,14,15)/t10-/m0/s1. The van der Waals surface area contributed by atoms with Gasteiger partial charge in [0.2, 0.25) is 0 Å². The summed E-state index contributed by atoms with van der Waals surface area (Å²) in [4.78, 5) is 10.6. The molecule has 1 aliphatic heterocycles. The van der Waals surface area contributed by atoms with Crippen molar-refractivity contribution in [3.05, 3.63) is 29.6 Å². The zero-order valence-electron chi connectivity index (χ0n) is 9.83. The van der Waals surface area contributed by atoms with Crippen LogP contribution in [0.15, 0.2) is 18.2 Å². The smallest absolute Gasteiger partial charge is 0.186 e. The van der Waals surface area contributed by atoms with Crippen LogP contribution in [0.4, 0.5) is 0 Å². The summed E-state index contributed by atoms with van der Waals surface area (Å²) in [5.74, 6) is 1.13. The van der Waals surface area contributed by atoms with Gasteiger partial charge in [-0.25, -0.2) is 4.98 Å². The van der Waals surface area contributed by atoms with Crippen LogP contribution in [0.5, 0.6) is 0 Å². The quantitative estimate of drug-likeness (QED) is 0.729. The van der Waals surface area contributed by atoms with Crippen molar-refractivity contribution in [2.75, 3.05) is 6.54 Å². The van der Waals surface area contributed by atoms with Crippen LogP contribution in [0.25, 0.3) is 11.0 Å². The zero-order chi connectivity index (χ0) is 11.1. The normalized spacial score (nSPS) is 21.9. The minimum absolute atomic E-state index is 0.479. The summed E-state index contributed by atoms with van der Waals surface area (Å²) < 4.78 is 0. The van der Waals surface area contributed by atoms with E-state index >= 15 is 0 Å². The number of benzene rings is 1. The first-order valence-corrected chi connectivity index (χ1v) is 5.91. The summed E-state index contributed by atoms with van der Waals surface area (Å²) in [6.07, 6.45) is 2.49. The van der Waals surface area contributed by atoms with E-state index in [0.717, 1.165) is 11.3 Å². The predicted octanol–water partition coefficient (Wildman–Crippen LogP) is 1.56. The highest BCUT2D eigenvalue weighted by molar-refractivity contribution is 6.04. The first-order chi connectivity index (χ1) is 7.75. The molecule has 1 saturated heterocycles. The van der Waals surface area contributed by atoms with Gasteiger partial charge < -0.3 is 9.79 Å². The van der Waals surface area contributed by atoms with Crippen molar-refractivity contribution >= 4 is 19.0 Å². The first-order valence-electron chi connectivity index (χ1n) is 5.91. The summed E-state index contributed by atoms with van der Waals surface area (Å²) in [7, 11) is 2.18. The second kappa shape index (κ2) is 3.63. The molecular weight excluding hydrogens is 197 g/mol. The number of rotatable bonds is 1. The largest absolute Gasteiger partial charge is 0.340 e. The Morgan fingerprint density at radius 3 is 3.06 bits per heavy atom. The lowest BCUT2D eigenvalue weighted by molar-refractivity contribution is 0.419. The Balaban J connectivity index is 2.08. The van der Waals surface area contributed by atoms with Gasteiger partial charge in [-0.2, -0.15) is 0 Å². The van der Waals surface area contributed by atoms with Crippen LogP contribution < -0.4 is 0 Å². The molecule has 0 bridgehead atoms. The van der Waals surface area contributed by atoms with Gasteiger partial charge in [0.05, 0.1) is 17.1 Å². The molecule has 3 rings (SSSR count). The Hall–Kier alpha value is -1.29. The summed E-state index contributed by atoms with van der Waals surface area (Å²) in [6.45, 7) is 3.31. The number of nitrogens with one attached hydrogen (secondary N) is 1. The van der Waals surface area contributed by atoms with Crippen molar-refractivity contribution < 1.29 is 0 Å². The first kappa shape index (κ1) is 9.91. The van der Waals surface area contributed by atoms with Gasteiger partial charge in [-0.1, -0.05) is 12.1 Å². The summed E-state index contributed by atoms with van der Waals surface area (Å²) in [5.41, 5.74) is 3.56. The Morgan fingerprint density at radius 1 is 1.50 bits per heavy atom. The Labute approximate surface area is 96.3 Å². The molecule has 0 amide bonds. The molecule has 0 saturated carbocycles. The summed E-state index contributed by atoms with van der Waals surface area (Å²) in [6, 6.07) is 6.76. The number of H-pyrrole nitrogens is 1. The van der Waals surface area contributed by atoms with Gasteiger partial charge in [0, 0.05) is 0 Å². The van der Waals surface area contributed by atoms with E-state index in [1.54, 1.807) is 0 Å². The molecule has 0 radical (unpaired) electrons. The number of aromatic amines is 1. The third-order valence-electron chi connectivity index (χ3n) is 3.58. The van der Waals surface area contributed by atoms with E-state index in [1.165, 1.54) is 30.5 Å². The fourth-order valence-electron chi connectivity index (χ4n) is 2.61. The molecule has 1 N–H and O–H groups in total. The third kappa shape index (κ3) is 1.45. The molecule has 3 nitrogen and oxygen atoms in total. The van der Waals surface area contributed by atoms with Crippen molar-refractivity contribution in [2.24, 2.45) is 0 Å². The third-order valence-corrected chi connectivity index (χ3v) is 3.58. The van der Waals surface area contributed by atoms with Crippen molar-refractivity contribution in [1.29, 1.82) is 0 Å². The van der Waals surface area contributed by atoms with E-state index in [0.29, 0.717) is 6.04 Å². The van der Waals surface area contributed by atoms with Gasteiger partial charge in [-0.15, -0.1) is 0 Å². The molecule has 2 aromatic rings. The molecule has 0 unspecified atom stereocenters. The highest BCUT2D eigenvalue weighted by Gasteiger charge is 2.24. The lowest BCUT2D eigenvalue weighted by atomic mass is 10.2. The average Bonchev–Trinajstić information content (AvgIpc) is 2.84. The van der Waals surface area contributed by atoms with E-state index < -0.39 is 0 Å². The van der Waals surface area contributed by atoms with Crippen LogP contribution in [0.1, 0.15) is 30.3 Å². The van der Waals surface area contributed by atoms with E-state index in [1.807, 2.05) is 0 Å². The molecule has 1 aromatic carbocycles. The fraction of sp³-hybridized carbons (Fsp3) is 0.417. The van der Waals surface area contributed by atoms with Gasteiger partial charge in [0.1, 0.15) is 5.82 Å². The monoisotopic (exact) mass is 213 g/mol. The maximum Gasteiger partial charge on any atom is 0.186 e. The second-order valence-electron chi connectivity index (χ2n) is 4.73. The summed E-state index contributed by atoms with van der Waals surface area (Å²) >= 11 is 0. The highest BCUT2D eigenvalue weighted by Crippen LogP contribution is 2.29. The van der Waals surface area contributed by atoms with E-state index in [2.05, 4.69) is 42.9 Å². The van der Waals surface area contributed by atoms with Gasteiger partial charge in [0.15, 0.2) is 7.98 Å². The minimum atomic E-state index is 0.479. The van der Waals surface area contributed by atoms with Gasteiger partial charge in [-0.3, -0.25) is 0 Å². The van der Waals surface area contributed by atoms with Crippen molar-refractivity contribution in [3.8, 4) is 0 Å². The van der Waals surface area contributed by atoms with Crippen molar-refractivity contribution in [1.82, 2.24) is 14.8 Å². The van der Waals surface area contributed by atoms with E-state index in [-0.39, 0.29) is 0 Å². The number of nitrogens with zero attached hydrogens (tertiary/aromatic N) is 2. The van der Waals surface area contributed by atoms with Crippen LogP contribution >= 0.6 is 0 Å². The maximum absolute atomic E-state index is 4.71. The molecule has 0 aliphatic carbocycles. The molecule has 0 spiro atoms. The molecule has 1 aromatic heterocycles.